The average Bonchev–Trinajstić information content (AvgIpc) is 2.89. The van der Waals surface area contributed by atoms with Crippen molar-refractivity contribution in [1.29, 1.82) is 0 Å². The van der Waals surface area contributed by atoms with Crippen molar-refractivity contribution in [2.45, 2.75) is 72.6 Å². The van der Waals surface area contributed by atoms with Gasteiger partial charge in [0.25, 0.3) is 0 Å². The quantitative estimate of drug-likeness (QED) is 0.716. The SMILES string of the molecule is CCC(CC)(CN)CNC(=O)C1(CC(C)C)CCCC1. The minimum Gasteiger partial charge on any atom is -0.355 e. The molecule has 0 aromatic carbocycles. The lowest BCUT2D eigenvalue weighted by Crippen LogP contribution is -2.47. The molecule has 0 atom stereocenters. The molecule has 1 fully saturated rings. The maximum Gasteiger partial charge on any atom is 0.226 e. The van der Waals surface area contributed by atoms with Gasteiger partial charge in [-0.3, -0.25) is 4.79 Å². The zero-order valence-corrected chi connectivity index (χ0v) is 13.9. The summed E-state index contributed by atoms with van der Waals surface area (Å²) >= 11 is 0. The van der Waals surface area contributed by atoms with Crippen molar-refractivity contribution < 1.29 is 4.79 Å². The third kappa shape index (κ3) is 3.97. The number of carbonyl (C=O) groups excluding carboxylic acids is 1. The molecule has 0 heterocycles. The Bertz CT molecular complexity index is 294. The van der Waals surface area contributed by atoms with Crippen LogP contribution in [0.4, 0.5) is 0 Å². The van der Waals surface area contributed by atoms with E-state index in [2.05, 4.69) is 33.0 Å². The first kappa shape index (κ1) is 17.5. The zero-order valence-electron chi connectivity index (χ0n) is 13.9. The van der Waals surface area contributed by atoms with E-state index < -0.39 is 0 Å². The zero-order chi connectivity index (χ0) is 15.2. The monoisotopic (exact) mass is 282 g/mol. The summed E-state index contributed by atoms with van der Waals surface area (Å²) in [6.45, 7) is 10.2. The molecule has 1 aliphatic rings. The molecule has 0 aromatic heterocycles. The van der Waals surface area contributed by atoms with Crippen molar-refractivity contribution in [2.75, 3.05) is 13.1 Å². The van der Waals surface area contributed by atoms with Crippen LogP contribution in [0.3, 0.4) is 0 Å². The summed E-state index contributed by atoms with van der Waals surface area (Å²) in [5, 5.41) is 3.25. The molecule has 1 rings (SSSR count). The van der Waals surface area contributed by atoms with Crippen molar-refractivity contribution in [1.82, 2.24) is 5.32 Å². The predicted molar refractivity (Wildman–Crippen MR) is 85.4 cm³/mol. The normalized spacial score (nSPS) is 18.5. The summed E-state index contributed by atoms with van der Waals surface area (Å²) in [4.78, 5) is 12.7. The number of rotatable bonds is 8. The number of nitrogens with two attached hydrogens (primary N) is 1. The van der Waals surface area contributed by atoms with Gasteiger partial charge in [0.05, 0.1) is 0 Å². The first-order valence-corrected chi connectivity index (χ1v) is 8.42. The smallest absolute Gasteiger partial charge is 0.226 e. The van der Waals surface area contributed by atoms with Gasteiger partial charge >= 0.3 is 0 Å². The molecular formula is C17H34N2O. The summed E-state index contributed by atoms with van der Waals surface area (Å²) in [5.74, 6) is 0.860. The Morgan fingerprint density at radius 2 is 1.80 bits per heavy atom. The summed E-state index contributed by atoms with van der Waals surface area (Å²) in [5.41, 5.74) is 5.91. The van der Waals surface area contributed by atoms with Crippen LogP contribution in [0.25, 0.3) is 0 Å². The highest BCUT2D eigenvalue weighted by atomic mass is 16.2. The van der Waals surface area contributed by atoms with Gasteiger partial charge in [-0.15, -0.1) is 0 Å². The van der Waals surface area contributed by atoms with E-state index in [1.165, 1.54) is 12.8 Å². The van der Waals surface area contributed by atoms with Gasteiger partial charge in [-0.2, -0.15) is 0 Å². The highest BCUT2D eigenvalue weighted by Crippen LogP contribution is 2.43. The van der Waals surface area contributed by atoms with Gasteiger partial charge < -0.3 is 11.1 Å². The second-order valence-corrected chi connectivity index (χ2v) is 7.18. The lowest BCUT2D eigenvalue weighted by molar-refractivity contribution is -0.132. The minimum absolute atomic E-state index is 0.0767. The van der Waals surface area contributed by atoms with Crippen LogP contribution >= 0.6 is 0 Å². The molecule has 0 bridgehead atoms. The number of hydrogen-bond acceptors (Lipinski definition) is 2. The summed E-state index contributed by atoms with van der Waals surface area (Å²) in [6, 6.07) is 0. The first-order valence-electron chi connectivity index (χ1n) is 8.42. The molecule has 0 aromatic rings. The fourth-order valence-corrected chi connectivity index (χ4v) is 3.67. The molecule has 0 aliphatic heterocycles. The number of nitrogens with one attached hydrogen (secondary N) is 1. The van der Waals surface area contributed by atoms with Gasteiger partial charge in [0.15, 0.2) is 0 Å². The molecule has 1 amide bonds. The van der Waals surface area contributed by atoms with E-state index >= 15 is 0 Å². The summed E-state index contributed by atoms with van der Waals surface area (Å²) in [6.07, 6.45) is 7.59. The first-order chi connectivity index (χ1) is 9.43. The Kier molecular flexibility index (Phi) is 6.50. The van der Waals surface area contributed by atoms with Gasteiger partial charge in [0.1, 0.15) is 0 Å². The molecule has 0 unspecified atom stereocenters. The predicted octanol–water partition coefficient (Wildman–Crippen LogP) is 3.47. The maximum absolute atomic E-state index is 12.7. The number of hydrogen-bond donors (Lipinski definition) is 2. The molecule has 1 aliphatic carbocycles. The van der Waals surface area contributed by atoms with Crippen LogP contribution < -0.4 is 11.1 Å². The average molecular weight is 282 g/mol. The maximum atomic E-state index is 12.7. The van der Waals surface area contributed by atoms with Crippen LogP contribution in [-0.2, 0) is 4.79 Å². The molecule has 0 saturated heterocycles. The third-order valence-corrected chi connectivity index (χ3v) is 5.40. The Balaban J connectivity index is 2.68. The van der Waals surface area contributed by atoms with Gasteiger partial charge in [-0.05, 0) is 50.0 Å². The molecular weight excluding hydrogens is 248 g/mol. The van der Waals surface area contributed by atoms with E-state index in [1.807, 2.05) is 0 Å². The van der Waals surface area contributed by atoms with E-state index in [1.54, 1.807) is 0 Å². The Hall–Kier alpha value is -0.570. The topological polar surface area (TPSA) is 55.1 Å². The lowest BCUT2D eigenvalue weighted by Gasteiger charge is -2.34. The standard InChI is InChI=1S/C17H34N2O/c1-5-16(6-2,12-18)13-19-15(20)17(11-14(3)4)9-7-8-10-17/h14H,5-13,18H2,1-4H3,(H,19,20). The molecule has 3 nitrogen and oxygen atoms in total. The van der Waals surface area contributed by atoms with Gasteiger partial charge in [-0.1, -0.05) is 40.5 Å². The lowest BCUT2D eigenvalue weighted by atomic mass is 9.77. The fourth-order valence-electron chi connectivity index (χ4n) is 3.67. The second kappa shape index (κ2) is 7.44. The largest absolute Gasteiger partial charge is 0.355 e. The molecule has 3 N–H and O–H groups in total. The van der Waals surface area contributed by atoms with E-state index in [-0.39, 0.29) is 16.7 Å². The Morgan fingerprint density at radius 3 is 2.20 bits per heavy atom. The molecule has 3 heteroatoms. The van der Waals surface area contributed by atoms with Crippen molar-refractivity contribution in [3.05, 3.63) is 0 Å². The van der Waals surface area contributed by atoms with Gasteiger partial charge in [0.2, 0.25) is 5.91 Å². The molecule has 0 spiro atoms. The van der Waals surface area contributed by atoms with Crippen LogP contribution in [0.5, 0.6) is 0 Å². The number of amides is 1. The van der Waals surface area contributed by atoms with Gasteiger partial charge in [-0.25, -0.2) is 0 Å². The van der Waals surface area contributed by atoms with Crippen LogP contribution in [-0.4, -0.2) is 19.0 Å². The van der Waals surface area contributed by atoms with E-state index in [0.29, 0.717) is 12.5 Å². The third-order valence-electron chi connectivity index (χ3n) is 5.40. The van der Waals surface area contributed by atoms with E-state index in [9.17, 15) is 4.79 Å². The Morgan fingerprint density at radius 1 is 1.25 bits per heavy atom. The van der Waals surface area contributed by atoms with Crippen molar-refractivity contribution in [2.24, 2.45) is 22.5 Å². The summed E-state index contributed by atoms with van der Waals surface area (Å²) in [7, 11) is 0. The van der Waals surface area contributed by atoms with E-state index in [4.69, 9.17) is 5.73 Å². The van der Waals surface area contributed by atoms with Crippen LogP contribution in [0, 0.1) is 16.7 Å². The van der Waals surface area contributed by atoms with Crippen LogP contribution in [0.2, 0.25) is 0 Å². The molecule has 118 valence electrons. The van der Waals surface area contributed by atoms with Gasteiger partial charge in [0, 0.05) is 12.0 Å². The minimum atomic E-state index is -0.101. The second-order valence-electron chi connectivity index (χ2n) is 7.18. The summed E-state index contributed by atoms with van der Waals surface area (Å²) < 4.78 is 0. The highest BCUT2D eigenvalue weighted by molar-refractivity contribution is 5.83. The number of carbonyl (C=O) groups is 1. The van der Waals surface area contributed by atoms with Crippen molar-refractivity contribution >= 4 is 5.91 Å². The molecule has 1 saturated carbocycles. The van der Waals surface area contributed by atoms with Crippen molar-refractivity contribution in [3.8, 4) is 0 Å². The van der Waals surface area contributed by atoms with E-state index in [0.717, 1.165) is 38.6 Å². The molecule has 0 radical (unpaired) electrons. The Labute approximate surface area is 125 Å². The van der Waals surface area contributed by atoms with Crippen LogP contribution in [0.15, 0.2) is 0 Å². The van der Waals surface area contributed by atoms with Crippen molar-refractivity contribution in [3.63, 3.8) is 0 Å². The highest BCUT2D eigenvalue weighted by Gasteiger charge is 2.41. The van der Waals surface area contributed by atoms with Crippen LogP contribution in [0.1, 0.15) is 72.6 Å². The fraction of sp³-hybridized carbons (Fsp3) is 0.941. The molecule has 20 heavy (non-hydrogen) atoms.